The number of thioether (sulfide) groups is 1. The van der Waals surface area contributed by atoms with Crippen molar-refractivity contribution in [2.75, 3.05) is 19.3 Å². The van der Waals surface area contributed by atoms with E-state index in [-0.39, 0.29) is 5.56 Å². The third-order valence-electron chi connectivity index (χ3n) is 5.68. The SMILES string of the molecule is CC(C)CCSc1nnc2n(-c3ccc(Cl)cc3)c(=O)c3c4c(sc3n12)CN(C)CC4. The third-order valence-corrected chi connectivity index (χ3v) is 8.09. The molecule has 4 aromatic rings. The average molecular weight is 474 g/mol. The highest BCUT2D eigenvalue weighted by atomic mass is 35.5. The van der Waals surface area contributed by atoms with Gasteiger partial charge in [0.2, 0.25) is 5.78 Å². The van der Waals surface area contributed by atoms with Crippen molar-refractivity contribution in [2.45, 2.75) is 38.4 Å². The molecule has 5 rings (SSSR count). The molecule has 1 aliphatic heterocycles. The molecule has 0 fully saturated rings. The highest BCUT2D eigenvalue weighted by molar-refractivity contribution is 7.99. The molecule has 3 aromatic heterocycles. The van der Waals surface area contributed by atoms with Crippen molar-refractivity contribution in [1.29, 1.82) is 0 Å². The van der Waals surface area contributed by atoms with Crippen molar-refractivity contribution in [1.82, 2.24) is 24.1 Å². The summed E-state index contributed by atoms with van der Waals surface area (Å²) in [6.07, 6.45) is 1.98. The molecular formula is C22H24ClN5OS2. The van der Waals surface area contributed by atoms with E-state index in [1.54, 1.807) is 39.8 Å². The number of nitrogens with zero attached hydrogens (tertiary/aromatic N) is 5. The van der Waals surface area contributed by atoms with Gasteiger partial charge in [0.15, 0.2) is 5.16 Å². The molecule has 4 heterocycles. The number of fused-ring (bicyclic) bond motifs is 5. The molecule has 0 bridgehead atoms. The van der Waals surface area contributed by atoms with Crippen LogP contribution in [0.2, 0.25) is 5.02 Å². The van der Waals surface area contributed by atoms with E-state index in [4.69, 9.17) is 11.6 Å². The van der Waals surface area contributed by atoms with E-state index in [0.29, 0.717) is 16.7 Å². The maximum atomic E-state index is 13.8. The monoisotopic (exact) mass is 473 g/mol. The Morgan fingerprint density at radius 1 is 1.23 bits per heavy atom. The summed E-state index contributed by atoms with van der Waals surface area (Å²) < 4.78 is 3.77. The quantitative estimate of drug-likeness (QED) is 0.387. The molecule has 0 amide bonds. The van der Waals surface area contributed by atoms with Gasteiger partial charge < -0.3 is 4.90 Å². The lowest BCUT2D eigenvalue weighted by molar-refractivity contribution is 0.318. The minimum absolute atomic E-state index is 0.0296. The fourth-order valence-electron chi connectivity index (χ4n) is 3.98. The summed E-state index contributed by atoms with van der Waals surface area (Å²) in [6, 6.07) is 7.33. The second-order valence-corrected chi connectivity index (χ2v) is 11.0. The van der Waals surface area contributed by atoms with Crippen molar-refractivity contribution in [3.8, 4) is 5.69 Å². The first-order valence-electron chi connectivity index (χ1n) is 10.5. The molecule has 0 aliphatic carbocycles. The summed E-state index contributed by atoms with van der Waals surface area (Å²) in [5.41, 5.74) is 1.90. The van der Waals surface area contributed by atoms with E-state index >= 15 is 0 Å². The summed E-state index contributed by atoms with van der Waals surface area (Å²) in [5, 5.41) is 11.2. The van der Waals surface area contributed by atoms with Crippen LogP contribution in [-0.4, -0.2) is 43.4 Å². The molecule has 0 radical (unpaired) electrons. The number of likely N-dealkylation sites (N-methyl/N-ethyl adjacent to an activating group) is 1. The summed E-state index contributed by atoms with van der Waals surface area (Å²) in [7, 11) is 2.13. The highest BCUT2D eigenvalue weighted by Gasteiger charge is 2.26. The summed E-state index contributed by atoms with van der Waals surface area (Å²) in [4.78, 5) is 18.3. The standard InChI is InChI=1S/C22H24ClN5OS2/c1-13(2)9-11-30-22-25-24-21-27(15-6-4-14(23)5-7-15)19(29)18-16-8-10-26(3)12-17(16)31-20(18)28(21)22/h4-7,13H,8-12H2,1-3H3. The lowest BCUT2D eigenvalue weighted by Gasteiger charge is -2.21. The first-order chi connectivity index (χ1) is 14.9. The van der Waals surface area contributed by atoms with Crippen molar-refractivity contribution < 1.29 is 0 Å². The van der Waals surface area contributed by atoms with Crippen LogP contribution in [-0.2, 0) is 13.0 Å². The maximum absolute atomic E-state index is 13.8. The van der Waals surface area contributed by atoms with Gasteiger partial charge in [0, 0.05) is 28.7 Å². The third kappa shape index (κ3) is 3.69. The Labute approximate surface area is 193 Å². The molecule has 31 heavy (non-hydrogen) atoms. The van der Waals surface area contributed by atoms with Crippen molar-refractivity contribution in [3.05, 3.63) is 50.1 Å². The van der Waals surface area contributed by atoms with Crippen LogP contribution in [0.4, 0.5) is 0 Å². The van der Waals surface area contributed by atoms with E-state index in [1.165, 1.54) is 10.4 Å². The predicted molar refractivity (Wildman–Crippen MR) is 129 cm³/mol. The van der Waals surface area contributed by atoms with E-state index < -0.39 is 0 Å². The van der Waals surface area contributed by atoms with Gasteiger partial charge in [-0.1, -0.05) is 37.2 Å². The van der Waals surface area contributed by atoms with Crippen molar-refractivity contribution in [3.63, 3.8) is 0 Å². The molecule has 0 spiro atoms. The second-order valence-electron chi connectivity index (χ2n) is 8.44. The molecule has 0 N–H and O–H groups in total. The number of aromatic nitrogens is 4. The zero-order chi connectivity index (χ0) is 21.7. The molecule has 0 atom stereocenters. The largest absolute Gasteiger partial charge is 0.301 e. The Morgan fingerprint density at radius 3 is 2.74 bits per heavy atom. The molecule has 0 saturated carbocycles. The Morgan fingerprint density at radius 2 is 2.00 bits per heavy atom. The Kier molecular flexibility index (Phi) is 5.58. The van der Waals surface area contributed by atoms with Crippen LogP contribution in [0, 0.1) is 5.92 Å². The van der Waals surface area contributed by atoms with Crippen LogP contribution in [0.25, 0.3) is 21.7 Å². The van der Waals surface area contributed by atoms with Crippen molar-refractivity contribution >= 4 is 50.7 Å². The second kappa shape index (κ2) is 8.24. The first-order valence-corrected chi connectivity index (χ1v) is 12.6. The Bertz CT molecular complexity index is 1320. The number of hydrogen-bond donors (Lipinski definition) is 0. The van der Waals surface area contributed by atoms with Gasteiger partial charge in [-0.05, 0) is 55.6 Å². The topological polar surface area (TPSA) is 55.4 Å². The van der Waals surface area contributed by atoms with E-state index in [1.807, 2.05) is 12.1 Å². The lowest BCUT2D eigenvalue weighted by Crippen LogP contribution is -2.27. The van der Waals surface area contributed by atoms with E-state index in [9.17, 15) is 4.79 Å². The summed E-state index contributed by atoms with van der Waals surface area (Å²) in [5.74, 6) is 2.15. The number of hydrogen-bond acceptors (Lipinski definition) is 6. The molecule has 0 saturated heterocycles. The normalized spacial score (nSPS) is 14.7. The molecule has 162 valence electrons. The molecule has 1 aliphatic rings. The zero-order valence-electron chi connectivity index (χ0n) is 17.8. The minimum Gasteiger partial charge on any atom is -0.301 e. The van der Waals surface area contributed by atoms with Gasteiger partial charge in [-0.25, -0.2) is 8.97 Å². The lowest BCUT2D eigenvalue weighted by atomic mass is 10.1. The molecule has 9 heteroatoms. The van der Waals surface area contributed by atoms with Gasteiger partial charge in [-0.3, -0.25) is 4.79 Å². The smallest absolute Gasteiger partial charge is 0.268 e. The van der Waals surface area contributed by atoms with Crippen LogP contribution in [0.5, 0.6) is 0 Å². The first kappa shape index (κ1) is 21.0. The number of halogens is 1. The van der Waals surface area contributed by atoms with Gasteiger partial charge >= 0.3 is 0 Å². The van der Waals surface area contributed by atoms with Crippen LogP contribution in [0.3, 0.4) is 0 Å². The minimum atomic E-state index is -0.0296. The summed E-state index contributed by atoms with van der Waals surface area (Å²) >= 11 is 9.52. The maximum Gasteiger partial charge on any atom is 0.268 e. The average Bonchev–Trinajstić information content (AvgIpc) is 3.30. The van der Waals surface area contributed by atoms with Crippen LogP contribution < -0.4 is 5.56 Å². The zero-order valence-corrected chi connectivity index (χ0v) is 20.1. The molecule has 1 aromatic carbocycles. The number of thiophene rings is 1. The van der Waals surface area contributed by atoms with E-state index in [0.717, 1.165) is 52.7 Å². The number of benzene rings is 1. The summed E-state index contributed by atoms with van der Waals surface area (Å²) in [6.45, 7) is 6.27. The molecule has 6 nitrogen and oxygen atoms in total. The Hall–Kier alpha value is -1.87. The predicted octanol–water partition coefficient (Wildman–Crippen LogP) is 4.87. The van der Waals surface area contributed by atoms with Crippen LogP contribution >= 0.6 is 34.7 Å². The van der Waals surface area contributed by atoms with Gasteiger partial charge in [0.05, 0.1) is 11.1 Å². The highest BCUT2D eigenvalue weighted by Crippen LogP contribution is 2.35. The fourth-order valence-corrected chi connectivity index (χ4v) is 6.76. The van der Waals surface area contributed by atoms with Crippen LogP contribution in [0.15, 0.2) is 34.2 Å². The van der Waals surface area contributed by atoms with Gasteiger partial charge in [0.25, 0.3) is 5.56 Å². The van der Waals surface area contributed by atoms with E-state index in [2.05, 4.69) is 40.4 Å². The van der Waals surface area contributed by atoms with Gasteiger partial charge in [-0.15, -0.1) is 21.5 Å². The Balaban J connectivity index is 1.79. The fraction of sp³-hybridized carbons (Fsp3) is 0.409. The molecule has 0 unspecified atom stereocenters. The van der Waals surface area contributed by atoms with Crippen molar-refractivity contribution in [2.24, 2.45) is 5.92 Å². The van der Waals surface area contributed by atoms with Crippen LogP contribution in [0.1, 0.15) is 30.7 Å². The molecular weight excluding hydrogens is 450 g/mol. The van der Waals surface area contributed by atoms with Gasteiger partial charge in [0.1, 0.15) is 4.83 Å². The number of rotatable bonds is 5. The van der Waals surface area contributed by atoms with Gasteiger partial charge in [-0.2, -0.15) is 0 Å².